The number of carbonyl (C=O) groups is 1. The molecule has 1 aromatic heterocycles. The molecule has 0 aliphatic rings. The molecule has 0 aliphatic heterocycles. The standard InChI is InChI=1S/C11H14N2O/c1-8(6-11(12)9(2)14)10-4-3-5-13-7-10/h3-5,7-8,12H,6H2,1-2H3. The number of nitrogens with one attached hydrogen (secondary N) is 1. The molecule has 1 atom stereocenters. The minimum Gasteiger partial charge on any atom is -0.302 e. The molecule has 0 bridgehead atoms. The number of pyridine rings is 1. The number of hydrogen-bond acceptors (Lipinski definition) is 3. The maximum Gasteiger partial charge on any atom is 0.173 e. The van der Waals surface area contributed by atoms with Crippen molar-refractivity contribution in [2.24, 2.45) is 0 Å². The van der Waals surface area contributed by atoms with Gasteiger partial charge in [-0.3, -0.25) is 9.78 Å². The number of ketones is 1. The van der Waals surface area contributed by atoms with Crippen molar-refractivity contribution in [2.45, 2.75) is 26.2 Å². The molecular formula is C11H14N2O. The lowest BCUT2D eigenvalue weighted by Crippen LogP contribution is -2.11. The zero-order valence-electron chi connectivity index (χ0n) is 8.45. The molecule has 1 heterocycles. The quantitative estimate of drug-likeness (QED) is 0.740. The second-order valence-corrected chi connectivity index (χ2v) is 3.43. The van der Waals surface area contributed by atoms with Crippen LogP contribution in [0.2, 0.25) is 0 Å². The maximum atomic E-state index is 10.9. The van der Waals surface area contributed by atoms with Crippen LogP contribution >= 0.6 is 0 Å². The summed E-state index contributed by atoms with van der Waals surface area (Å²) in [5.74, 6) is 0.0286. The molecule has 3 nitrogen and oxygen atoms in total. The van der Waals surface area contributed by atoms with E-state index in [0.29, 0.717) is 6.42 Å². The minimum atomic E-state index is -0.152. The fraction of sp³-hybridized carbons (Fsp3) is 0.364. The van der Waals surface area contributed by atoms with E-state index in [-0.39, 0.29) is 17.4 Å². The largest absolute Gasteiger partial charge is 0.302 e. The topological polar surface area (TPSA) is 53.8 Å². The summed E-state index contributed by atoms with van der Waals surface area (Å²) >= 11 is 0. The van der Waals surface area contributed by atoms with Crippen molar-refractivity contribution < 1.29 is 4.79 Å². The highest BCUT2D eigenvalue weighted by Gasteiger charge is 2.11. The molecule has 0 aliphatic carbocycles. The Balaban J connectivity index is 2.64. The minimum absolute atomic E-state index is 0.152. The second-order valence-electron chi connectivity index (χ2n) is 3.43. The van der Waals surface area contributed by atoms with Gasteiger partial charge >= 0.3 is 0 Å². The maximum absolute atomic E-state index is 10.9. The average molecular weight is 190 g/mol. The molecule has 0 aromatic carbocycles. The zero-order chi connectivity index (χ0) is 10.6. The van der Waals surface area contributed by atoms with Crippen LogP contribution in [-0.4, -0.2) is 16.5 Å². The highest BCUT2D eigenvalue weighted by atomic mass is 16.1. The molecule has 0 fully saturated rings. The van der Waals surface area contributed by atoms with Gasteiger partial charge in [0.2, 0.25) is 0 Å². The molecule has 0 saturated heterocycles. The fourth-order valence-electron chi connectivity index (χ4n) is 1.24. The summed E-state index contributed by atoms with van der Waals surface area (Å²) < 4.78 is 0. The molecule has 0 saturated carbocycles. The lowest BCUT2D eigenvalue weighted by molar-refractivity contribution is -0.111. The molecule has 0 radical (unpaired) electrons. The number of Topliss-reactive ketones (excluding diaryl/α,β-unsaturated/α-hetero) is 1. The van der Waals surface area contributed by atoms with Crippen molar-refractivity contribution in [1.29, 1.82) is 5.41 Å². The van der Waals surface area contributed by atoms with E-state index in [1.807, 2.05) is 19.1 Å². The Labute approximate surface area is 83.7 Å². The third-order valence-electron chi connectivity index (χ3n) is 2.19. The van der Waals surface area contributed by atoms with E-state index in [9.17, 15) is 4.79 Å². The van der Waals surface area contributed by atoms with Crippen LogP contribution in [0.4, 0.5) is 0 Å². The van der Waals surface area contributed by atoms with Crippen molar-refractivity contribution in [3.63, 3.8) is 0 Å². The van der Waals surface area contributed by atoms with Gasteiger partial charge in [-0.15, -0.1) is 0 Å². The summed E-state index contributed by atoms with van der Waals surface area (Å²) in [6, 6.07) is 3.83. The van der Waals surface area contributed by atoms with Crippen molar-refractivity contribution in [3.05, 3.63) is 30.1 Å². The highest BCUT2D eigenvalue weighted by Crippen LogP contribution is 2.17. The van der Waals surface area contributed by atoms with Gasteiger partial charge in [0.25, 0.3) is 0 Å². The van der Waals surface area contributed by atoms with Gasteiger partial charge in [-0.05, 0) is 24.0 Å². The van der Waals surface area contributed by atoms with E-state index >= 15 is 0 Å². The van der Waals surface area contributed by atoms with Crippen molar-refractivity contribution >= 4 is 11.5 Å². The van der Waals surface area contributed by atoms with Gasteiger partial charge in [0.1, 0.15) is 0 Å². The Bertz CT molecular complexity index is 332. The molecule has 3 heteroatoms. The summed E-state index contributed by atoms with van der Waals surface area (Å²) in [5, 5.41) is 7.45. The van der Waals surface area contributed by atoms with Crippen LogP contribution in [0.1, 0.15) is 31.7 Å². The van der Waals surface area contributed by atoms with Gasteiger partial charge in [0, 0.05) is 19.3 Å². The summed E-state index contributed by atoms with van der Waals surface area (Å²) in [5.41, 5.74) is 1.25. The number of hydrogen-bond donors (Lipinski definition) is 1. The molecule has 1 rings (SSSR count). The molecule has 1 aromatic rings. The van der Waals surface area contributed by atoms with Crippen molar-refractivity contribution in [3.8, 4) is 0 Å². The van der Waals surface area contributed by atoms with Crippen LogP contribution in [0.15, 0.2) is 24.5 Å². The predicted octanol–water partition coefficient (Wildman–Crippen LogP) is 2.18. The molecule has 1 N–H and O–H groups in total. The normalized spacial score (nSPS) is 12.1. The van der Waals surface area contributed by atoms with E-state index in [2.05, 4.69) is 4.98 Å². The first-order chi connectivity index (χ1) is 6.61. The number of aromatic nitrogens is 1. The lowest BCUT2D eigenvalue weighted by atomic mass is 9.96. The van der Waals surface area contributed by atoms with Crippen LogP contribution in [0.5, 0.6) is 0 Å². The Hall–Kier alpha value is -1.51. The second kappa shape index (κ2) is 4.65. The summed E-state index contributed by atoms with van der Waals surface area (Å²) in [4.78, 5) is 14.9. The van der Waals surface area contributed by atoms with E-state index in [0.717, 1.165) is 5.56 Å². The lowest BCUT2D eigenvalue weighted by Gasteiger charge is -2.10. The van der Waals surface area contributed by atoms with Gasteiger partial charge in [-0.2, -0.15) is 0 Å². The van der Waals surface area contributed by atoms with Crippen LogP contribution in [-0.2, 0) is 4.79 Å². The Morgan fingerprint density at radius 3 is 2.86 bits per heavy atom. The first-order valence-corrected chi connectivity index (χ1v) is 4.59. The van der Waals surface area contributed by atoms with E-state index in [4.69, 9.17) is 5.41 Å². The average Bonchev–Trinajstić information content (AvgIpc) is 2.19. The third-order valence-corrected chi connectivity index (χ3v) is 2.19. The predicted molar refractivity (Wildman–Crippen MR) is 55.7 cm³/mol. The summed E-state index contributed by atoms with van der Waals surface area (Å²) in [6.07, 6.45) is 3.98. The Morgan fingerprint density at radius 2 is 2.36 bits per heavy atom. The molecule has 0 amide bonds. The van der Waals surface area contributed by atoms with E-state index in [1.165, 1.54) is 6.92 Å². The Morgan fingerprint density at radius 1 is 1.64 bits per heavy atom. The van der Waals surface area contributed by atoms with Gasteiger partial charge in [-0.25, -0.2) is 0 Å². The third kappa shape index (κ3) is 2.76. The van der Waals surface area contributed by atoms with Crippen LogP contribution in [0.3, 0.4) is 0 Å². The zero-order valence-corrected chi connectivity index (χ0v) is 8.45. The fourth-order valence-corrected chi connectivity index (χ4v) is 1.24. The number of rotatable bonds is 4. The molecule has 14 heavy (non-hydrogen) atoms. The molecule has 74 valence electrons. The van der Waals surface area contributed by atoms with Crippen LogP contribution in [0.25, 0.3) is 0 Å². The van der Waals surface area contributed by atoms with Crippen LogP contribution in [0, 0.1) is 5.41 Å². The van der Waals surface area contributed by atoms with Crippen molar-refractivity contribution in [2.75, 3.05) is 0 Å². The SMILES string of the molecule is CC(=O)C(=N)CC(C)c1cccnc1. The molecule has 1 unspecified atom stereocenters. The summed E-state index contributed by atoms with van der Waals surface area (Å²) in [7, 11) is 0. The number of nitrogens with zero attached hydrogens (tertiary/aromatic N) is 1. The van der Waals surface area contributed by atoms with Crippen molar-refractivity contribution in [1.82, 2.24) is 4.98 Å². The first kappa shape index (κ1) is 10.6. The van der Waals surface area contributed by atoms with Gasteiger partial charge in [-0.1, -0.05) is 13.0 Å². The summed E-state index contributed by atoms with van der Waals surface area (Å²) in [6.45, 7) is 3.42. The molecular weight excluding hydrogens is 176 g/mol. The highest BCUT2D eigenvalue weighted by molar-refractivity contribution is 6.37. The monoisotopic (exact) mass is 190 g/mol. The number of carbonyl (C=O) groups excluding carboxylic acids is 1. The smallest absolute Gasteiger partial charge is 0.173 e. The van der Waals surface area contributed by atoms with Gasteiger partial charge in [0.15, 0.2) is 5.78 Å². The van der Waals surface area contributed by atoms with Crippen LogP contribution < -0.4 is 0 Å². The first-order valence-electron chi connectivity index (χ1n) is 4.59. The van der Waals surface area contributed by atoms with E-state index in [1.54, 1.807) is 12.4 Å². The van der Waals surface area contributed by atoms with Gasteiger partial charge < -0.3 is 5.41 Å². The van der Waals surface area contributed by atoms with Gasteiger partial charge in [0.05, 0.1) is 5.71 Å². The van der Waals surface area contributed by atoms with E-state index < -0.39 is 0 Å². The Kier molecular flexibility index (Phi) is 3.51. The molecule has 0 spiro atoms.